The average molecular weight is 475 g/mol. The molecule has 3 heterocycles. The highest BCUT2D eigenvalue weighted by molar-refractivity contribution is 9.10. The fourth-order valence-corrected chi connectivity index (χ4v) is 3.55. The van der Waals surface area contributed by atoms with Crippen LogP contribution in [0.3, 0.4) is 0 Å². The van der Waals surface area contributed by atoms with E-state index in [2.05, 4.69) is 42.1 Å². The number of ether oxygens (including phenoxy) is 1. The van der Waals surface area contributed by atoms with Crippen LogP contribution in [-0.2, 0) is 4.74 Å². The van der Waals surface area contributed by atoms with Crippen LogP contribution in [0, 0.1) is 0 Å². The Labute approximate surface area is 163 Å². The summed E-state index contributed by atoms with van der Waals surface area (Å²) in [5, 5.41) is 8.90. The van der Waals surface area contributed by atoms with Crippen LogP contribution >= 0.6 is 31.9 Å². The molecule has 25 heavy (non-hydrogen) atoms. The molecule has 2 aromatic rings. The Morgan fingerprint density at radius 1 is 1.16 bits per heavy atom. The van der Waals surface area contributed by atoms with Crippen LogP contribution in [0.15, 0.2) is 33.7 Å². The molecule has 0 radical (unpaired) electrons. The number of nitrogens with zero attached hydrogens (tertiary/aromatic N) is 5. The van der Waals surface area contributed by atoms with Crippen LogP contribution in [0.4, 0.5) is 4.79 Å². The van der Waals surface area contributed by atoms with Gasteiger partial charge < -0.3 is 4.74 Å². The number of amides is 1. The molecule has 1 fully saturated rings. The molecular formula is C16H21Br2N5O2. The molecule has 0 spiro atoms. The van der Waals surface area contributed by atoms with Gasteiger partial charge in [0.2, 0.25) is 0 Å². The number of carbonyl (C=O) groups is 1. The van der Waals surface area contributed by atoms with E-state index in [9.17, 15) is 4.79 Å². The molecule has 9 heteroatoms. The third kappa shape index (κ3) is 4.44. The molecule has 0 saturated carbocycles. The topological polar surface area (TPSA) is 65.2 Å². The van der Waals surface area contributed by atoms with Crippen molar-refractivity contribution >= 4 is 38.0 Å². The van der Waals surface area contributed by atoms with Gasteiger partial charge in [-0.15, -0.1) is 0 Å². The smallest absolute Gasteiger partial charge is 0.412 e. The van der Waals surface area contributed by atoms with Gasteiger partial charge in [-0.3, -0.25) is 9.58 Å². The number of piperidine rings is 1. The van der Waals surface area contributed by atoms with Gasteiger partial charge in [0.15, 0.2) is 0 Å². The summed E-state index contributed by atoms with van der Waals surface area (Å²) in [5.41, 5.74) is -0.532. The Hall–Kier alpha value is -1.35. The molecule has 1 aliphatic heterocycles. The van der Waals surface area contributed by atoms with Gasteiger partial charge >= 0.3 is 6.09 Å². The zero-order chi connectivity index (χ0) is 18.2. The summed E-state index contributed by atoms with van der Waals surface area (Å²) >= 11 is 6.77. The van der Waals surface area contributed by atoms with Crippen molar-refractivity contribution in [2.75, 3.05) is 6.54 Å². The molecule has 1 saturated heterocycles. The van der Waals surface area contributed by atoms with Gasteiger partial charge in [0.25, 0.3) is 0 Å². The average Bonchev–Trinajstić information content (AvgIpc) is 3.13. The highest BCUT2D eigenvalue weighted by atomic mass is 79.9. The molecule has 0 N–H and O–H groups in total. The van der Waals surface area contributed by atoms with E-state index in [1.807, 2.05) is 50.0 Å². The third-order valence-electron chi connectivity index (χ3n) is 4.00. The number of hydrogen-bond donors (Lipinski definition) is 0. The summed E-state index contributed by atoms with van der Waals surface area (Å²) in [6.45, 7) is 6.20. The molecular weight excluding hydrogens is 454 g/mol. The number of carbonyl (C=O) groups excluding carboxylic acids is 1. The van der Waals surface area contributed by atoms with E-state index in [1.54, 1.807) is 9.58 Å². The highest BCUT2D eigenvalue weighted by Crippen LogP contribution is 2.34. The Balaban J connectivity index is 1.84. The molecule has 136 valence electrons. The fourth-order valence-electron chi connectivity index (χ4n) is 2.95. The number of rotatable bonds is 2. The van der Waals surface area contributed by atoms with Crippen molar-refractivity contribution in [2.45, 2.75) is 51.4 Å². The summed E-state index contributed by atoms with van der Waals surface area (Å²) < 4.78 is 10.9. The highest BCUT2D eigenvalue weighted by Gasteiger charge is 2.36. The zero-order valence-electron chi connectivity index (χ0n) is 14.4. The van der Waals surface area contributed by atoms with Crippen LogP contribution in [0.2, 0.25) is 0 Å². The number of hydrogen-bond acceptors (Lipinski definition) is 4. The lowest BCUT2D eigenvalue weighted by atomic mass is 10.0. The first-order chi connectivity index (χ1) is 11.7. The van der Waals surface area contributed by atoms with Crippen LogP contribution in [0.5, 0.6) is 0 Å². The normalized spacial score (nSPS) is 21.4. The van der Waals surface area contributed by atoms with Crippen LogP contribution in [0.1, 0.15) is 45.8 Å². The Bertz CT molecular complexity index is 752. The van der Waals surface area contributed by atoms with Gasteiger partial charge in [-0.2, -0.15) is 10.2 Å². The van der Waals surface area contributed by atoms with Crippen molar-refractivity contribution in [1.82, 2.24) is 24.5 Å². The van der Waals surface area contributed by atoms with Crippen molar-refractivity contribution in [2.24, 2.45) is 0 Å². The lowest BCUT2D eigenvalue weighted by molar-refractivity contribution is -0.0108. The van der Waals surface area contributed by atoms with Crippen LogP contribution < -0.4 is 0 Å². The molecule has 3 rings (SSSR count). The molecule has 7 nitrogen and oxygen atoms in total. The second-order valence-electron chi connectivity index (χ2n) is 7.07. The van der Waals surface area contributed by atoms with Gasteiger partial charge in [0.05, 0.1) is 6.04 Å². The second kappa shape index (κ2) is 7.11. The number of aromatic nitrogens is 4. The van der Waals surface area contributed by atoms with Crippen molar-refractivity contribution in [3.8, 4) is 0 Å². The maximum absolute atomic E-state index is 12.7. The van der Waals surface area contributed by atoms with Crippen LogP contribution in [-0.4, -0.2) is 42.7 Å². The minimum atomic E-state index is -0.532. The summed E-state index contributed by atoms with van der Waals surface area (Å²) in [6, 6.07) is 3.97. The zero-order valence-corrected chi connectivity index (χ0v) is 17.6. The van der Waals surface area contributed by atoms with E-state index in [1.165, 1.54) is 0 Å². The second-order valence-corrected chi connectivity index (χ2v) is 8.69. The van der Waals surface area contributed by atoms with Gasteiger partial charge in [0, 0.05) is 25.4 Å². The standard InChI is InChI=1S/C16H21Br2N5O2/c1-16(2,3)25-15(24)21-7-4-11(22-8-5-12(17)19-22)10-14(21)23-9-6-13(18)20-23/h5-6,8-9,11,14H,4,7,10H2,1-3H3. The molecule has 2 unspecified atom stereocenters. The Morgan fingerprint density at radius 2 is 1.76 bits per heavy atom. The van der Waals surface area contributed by atoms with E-state index in [4.69, 9.17) is 4.74 Å². The van der Waals surface area contributed by atoms with Crippen molar-refractivity contribution in [1.29, 1.82) is 0 Å². The predicted molar refractivity (Wildman–Crippen MR) is 100 cm³/mol. The largest absolute Gasteiger partial charge is 0.444 e. The van der Waals surface area contributed by atoms with E-state index in [-0.39, 0.29) is 18.3 Å². The maximum Gasteiger partial charge on any atom is 0.412 e. The molecule has 2 atom stereocenters. The lowest BCUT2D eigenvalue weighted by Crippen LogP contribution is -2.46. The molecule has 0 aromatic carbocycles. The predicted octanol–water partition coefficient (Wildman–Crippen LogP) is 4.38. The van der Waals surface area contributed by atoms with E-state index >= 15 is 0 Å². The van der Waals surface area contributed by atoms with Crippen LogP contribution in [0.25, 0.3) is 0 Å². The first kappa shape index (κ1) is 18.4. The summed E-state index contributed by atoms with van der Waals surface area (Å²) in [6.07, 6.45) is 4.81. The molecule has 1 amide bonds. The Morgan fingerprint density at radius 3 is 2.28 bits per heavy atom. The van der Waals surface area contributed by atoms with Gasteiger partial charge in [-0.25, -0.2) is 9.48 Å². The molecule has 2 aromatic heterocycles. The third-order valence-corrected chi connectivity index (χ3v) is 4.85. The van der Waals surface area contributed by atoms with E-state index in [0.29, 0.717) is 13.0 Å². The van der Waals surface area contributed by atoms with Crippen molar-refractivity contribution in [3.05, 3.63) is 33.7 Å². The first-order valence-corrected chi connectivity index (χ1v) is 9.72. The van der Waals surface area contributed by atoms with Gasteiger partial charge in [-0.1, -0.05) is 0 Å². The van der Waals surface area contributed by atoms with Gasteiger partial charge in [0.1, 0.15) is 21.0 Å². The lowest BCUT2D eigenvalue weighted by Gasteiger charge is -2.39. The Kier molecular flexibility index (Phi) is 5.24. The number of halogens is 2. The number of likely N-dealkylation sites (tertiary alicyclic amines) is 1. The minimum absolute atomic E-state index is 0.193. The maximum atomic E-state index is 12.7. The molecule has 0 bridgehead atoms. The SMILES string of the molecule is CC(C)(C)OC(=O)N1CCC(n2ccc(Br)n2)CC1n1ccc(Br)n1. The molecule has 0 aliphatic carbocycles. The van der Waals surface area contributed by atoms with E-state index in [0.717, 1.165) is 15.6 Å². The monoisotopic (exact) mass is 473 g/mol. The first-order valence-electron chi connectivity index (χ1n) is 8.14. The molecule has 1 aliphatic rings. The van der Waals surface area contributed by atoms with Crippen molar-refractivity contribution < 1.29 is 9.53 Å². The minimum Gasteiger partial charge on any atom is -0.444 e. The fraction of sp³-hybridized carbons (Fsp3) is 0.562. The summed E-state index contributed by atoms with van der Waals surface area (Å²) in [4.78, 5) is 14.4. The summed E-state index contributed by atoms with van der Waals surface area (Å²) in [7, 11) is 0. The summed E-state index contributed by atoms with van der Waals surface area (Å²) in [5.74, 6) is 0. The van der Waals surface area contributed by atoms with E-state index < -0.39 is 5.60 Å². The van der Waals surface area contributed by atoms with Gasteiger partial charge in [-0.05, 0) is 71.2 Å². The van der Waals surface area contributed by atoms with Crippen molar-refractivity contribution in [3.63, 3.8) is 0 Å². The quantitative estimate of drug-likeness (QED) is 0.647.